The minimum atomic E-state index is 0.102. The Balaban J connectivity index is 2.00. The number of rotatable bonds is 4. The Labute approximate surface area is 115 Å². The van der Waals surface area contributed by atoms with E-state index in [4.69, 9.17) is 5.11 Å². The Morgan fingerprint density at radius 1 is 1.05 bits per heavy atom. The lowest BCUT2D eigenvalue weighted by atomic mass is 9.92. The number of hydrogen-bond donors (Lipinski definition) is 1. The summed E-state index contributed by atoms with van der Waals surface area (Å²) >= 11 is 0. The molecular formula is C18H20O. The van der Waals surface area contributed by atoms with Crippen LogP contribution in [0.25, 0.3) is 6.08 Å². The summed E-state index contributed by atoms with van der Waals surface area (Å²) < 4.78 is 0. The molecule has 98 valence electrons. The van der Waals surface area contributed by atoms with Crippen LogP contribution in [0.2, 0.25) is 0 Å². The summed E-state index contributed by atoms with van der Waals surface area (Å²) in [6.07, 6.45) is 17.1. The molecular weight excluding hydrogens is 232 g/mol. The second kappa shape index (κ2) is 6.91. The number of aliphatic hydroxyl groups is 1. The van der Waals surface area contributed by atoms with Crippen molar-refractivity contribution in [2.45, 2.75) is 13.5 Å². The Hall–Kier alpha value is -1.86. The van der Waals surface area contributed by atoms with E-state index in [0.717, 1.165) is 5.56 Å². The van der Waals surface area contributed by atoms with Gasteiger partial charge < -0.3 is 5.11 Å². The zero-order chi connectivity index (χ0) is 13.5. The monoisotopic (exact) mass is 252 g/mol. The third-order valence-corrected chi connectivity index (χ3v) is 3.36. The predicted octanol–water partition coefficient (Wildman–Crippen LogP) is 4.13. The first-order chi connectivity index (χ1) is 9.29. The fourth-order valence-electron chi connectivity index (χ4n) is 2.05. The molecule has 0 fully saturated rings. The summed E-state index contributed by atoms with van der Waals surface area (Å²) in [7, 11) is 0. The molecule has 0 spiro atoms. The van der Waals surface area contributed by atoms with Crippen LogP contribution in [0.1, 0.15) is 18.1 Å². The minimum Gasteiger partial charge on any atom is -0.392 e. The lowest BCUT2D eigenvalue weighted by Gasteiger charge is -2.12. The second-order valence-electron chi connectivity index (χ2n) is 4.85. The molecule has 0 aliphatic heterocycles. The first kappa shape index (κ1) is 13.6. The van der Waals surface area contributed by atoms with E-state index in [-0.39, 0.29) is 6.61 Å². The number of allylic oxidation sites excluding steroid dienone is 7. The molecule has 19 heavy (non-hydrogen) atoms. The highest BCUT2D eigenvalue weighted by molar-refractivity contribution is 5.50. The van der Waals surface area contributed by atoms with Crippen molar-refractivity contribution in [3.05, 3.63) is 77.9 Å². The van der Waals surface area contributed by atoms with E-state index >= 15 is 0 Å². The van der Waals surface area contributed by atoms with Crippen LogP contribution in [0.3, 0.4) is 0 Å². The predicted molar refractivity (Wildman–Crippen MR) is 81.5 cm³/mol. The summed E-state index contributed by atoms with van der Waals surface area (Å²) in [5.41, 5.74) is 2.12. The zero-order valence-electron chi connectivity index (χ0n) is 11.2. The van der Waals surface area contributed by atoms with Gasteiger partial charge in [0.25, 0.3) is 0 Å². The number of hydrogen-bond acceptors (Lipinski definition) is 1. The highest BCUT2D eigenvalue weighted by Crippen LogP contribution is 2.19. The van der Waals surface area contributed by atoms with Crippen LogP contribution in [-0.4, -0.2) is 5.11 Å². The van der Waals surface area contributed by atoms with E-state index in [9.17, 15) is 0 Å². The lowest BCUT2D eigenvalue weighted by Crippen LogP contribution is -2.02. The molecule has 1 aromatic rings. The molecule has 0 heterocycles. The van der Waals surface area contributed by atoms with Crippen LogP contribution in [0, 0.1) is 11.8 Å². The van der Waals surface area contributed by atoms with E-state index < -0.39 is 0 Å². The van der Waals surface area contributed by atoms with Crippen LogP contribution < -0.4 is 0 Å². The van der Waals surface area contributed by atoms with Crippen LogP contribution in [0.4, 0.5) is 0 Å². The molecule has 0 saturated carbocycles. The van der Waals surface area contributed by atoms with E-state index in [1.54, 1.807) is 0 Å². The highest BCUT2D eigenvalue weighted by Gasteiger charge is 2.08. The van der Waals surface area contributed by atoms with Gasteiger partial charge in [0.1, 0.15) is 0 Å². The molecule has 1 atom stereocenters. The topological polar surface area (TPSA) is 20.2 Å². The Morgan fingerprint density at radius 3 is 2.26 bits per heavy atom. The maximum absolute atomic E-state index is 9.00. The molecule has 2 rings (SSSR count). The van der Waals surface area contributed by atoms with Crippen LogP contribution in [-0.2, 0) is 6.61 Å². The standard InChI is InChI=1S/C18H20O/c1-15(18-6-4-2-3-5-7-18)8-9-16-10-12-17(14-19)13-11-16/h2-13,15,18-19H,14H2,1H3/b9-8-. The molecule has 1 aromatic carbocycles. The van der Waals surface area contributed by atoms with Gasteiger partial charge in [0.2, 0.25) is 0 Å². The van der Waals surface area contributed by atoms with Gasteiger partial charge in [0.05, 0.1) is 6.61 Å². The van der Waals surface area contributed by atoms with Gasteiger partial charge in [-0.15, -0.1) is 0 Å². The normalized spacial score (nSPS) is 16.9. The summed E-state index contributed by atoms with van der Waals surface area (Å²) in [5, 5.41) is 9.00. The van der Waals surface area contributed by atoms with Gasteiger partial charge >= 0.3 is 0 Å². The smallest absolute Gasteiger partial charge is 0.0681 e. The van der Waals surface area contributed by atoms with Gasteiger partial charge in [0, 0.05) is 5.92 Å². The van der Waals surface area contributed by atoms with Crippen LogP contribution in [0.5, 0.6) is 0 Å². The average Bonchev–Trinajstić information content (AvgIpc) is 2.74. The highest BCUT2D eigenvalue weighted by atomic mass is 16.3. The zero-order valence-corrected chi connectivity index (χ0v) is 11.2. The summed E-state index contributed by atoms with van der Waals surface area (Å²) in [6, 6.07) is 7.99. The van der Waals surface area contributed by atoms with Gasteiger partial charge in [-0.25, -0.2) is 0 Å². The van der Waals surface area contributed by atoms with Gasteiger partial charge in [-0.1, -0.05) is 79.8 Å². The maximum atomic E-state index is 9.00. The molecule has 1 aliphatic rings. The molecule has 0 radical (unpaired) electrons. The van der Waals surface area contributed by atoms with Crippen molar-refractivity contribution >= 4 is 6.08 Å². The second-order valence-corrected chi connectivity index (χ2v) is 4.85. The van der Waals surface area contributed by atoms with Gasteiger partial charge in [-0.2, -0.15) is 0 Å². The van der Waals surface area contributed by atoms with E-state index in [1.165, 1.54) is 5.56 Å². The molecule has 1 heteroatoms. The van der Waals surface area contributed by atoms with Crippen LogP contribution >= 0.6 is 0 Å². The number of aliphatic hydroxyl groups excluding tert-OH is 1. The fourth-order valence-corrected chi connectivity index (χ4v) is 2.05. The molecule has 0 saturated heterocycles. The lowest BCUT2D eigenvalue weighted by molar-refractivity contribution is 0.282. The maximum Gasteiger partial charge on any atom is 0.0681 e. The van der Waals surface area contributed by atoms with Gasteiger partial charge in [-0.3, -0.25) is 0 Å². The molecule has 0 bridgehead atoms. The Morgan fingerprint density at radius 2 is 1.68 bits per heavy atom. The largest absolute Gasteiger partial charge is 0.392 e. The molecule has 0 amide bonds. The van der Waals surface area contributed by atoms with E-state index in [1.807, 2.05) is 24.3 Å². The molecule has 1 N–H and O–H groups in total. The van der Waals surface area contributed by atoms with E-state index in [2.05, 4.69) is 55.5 Å². The molecule has 1 nitrogen and oxygen atoms in total. The van der Waals surface area contributed by atoms with Crippen molar-refractivity contribution in [3.63, 3.8) is 0 Å². The van der Waals surface area contributed by atoms with Crippen molar-refractivity contribution in [3.8, 4) is 0 Å². The quantitative estimate of drug-likeness (QED) is 0.854. The van der Waals surface area contributed by atoms with Crippen molar-refractivity contribution in [2.75, 3.05) is 0 Å². The van der Waals surface area contributed by atoms with Crippen molar-refractivity contribution in [2.24, 2.45) is 11.8 Å². The number of benzene rings is 1. The van der Waals surface area contributed by atoms with Crippen molar-refractivity contribution in [1.82, 2.24) is 0 Å². The average molecular weight is 252 g/mol. The van der Waals surface area contributed by atoms with Gasteiger partial charge in [0.15, 0.2) is 0 Å². The third-order valence-electron chi connectivity index (χ3n) is 3.36. The molecule has 1 unspecified atom stereocenters. The summed E-state index contributed by atoms with van der Waals surface area (Å²) in [6.45, 7) is 2.33. The minimum absolute atomic E-state index is 0.102. The summed E-state index contributed by atoms with van der Waals surface area (Å²) in [5.74, 6) is 0.910. The van der Waals surface area contributed by atoms with Crippen LogP contribution in [0.15, 0.2) is 66.8 Å². The molecule has 1 aliphatic carbocycles. The van der Waals surface area contributed by atoms with Gasteiger partial charge in [-0.05, 0) is 17.0 Å². The first-order valence-corrected chi connectivity index (χ1v) is 6.69. The SMILES string of the molecule is CC(/C=C\c1ccc(CO)cc1)C1C=CC=CC=C1. The molecule has 0 aromatic heterocycles. The first-order valence-electron chi connectivity index (χ1n) is 6.69. The van der Waals surface area contributed by atoms with E-state index in [0.29, 0.717) is 11.8 Å². The van der Waals surface area contributed by atoms with Crippen molar-refractivity contribution in [1.29, 1.82) is 0 Å². The summed E-state index contributed by atoms with van der Waals surface area (Å²) in [4.78, 5) is 0. The van der Waals surface area contributed by atoms with Crippen molar-refractivity contribution < 1.29 is 5.11 Å². The Kier molecular flexibility index (Phi) is 4.93. The fraction of sp³-hybridized carbons (Fsp3) is 0.222. The Bertz CT molecular complexity index is 487. The third kappa shape index (κ3) is 4.08.